The summed E-state index contributed by atoms with van der Waals surface area (Å²) in [7, 11) is 3.48. The fourth-order valence-electron chi connectivity index (χ4n) is 1.71. The van der Waals surface area contributed by atoms with E-state index in [0.717, 1.165) is 12.1 Å². The fraction of sp³-hybridized carbons (Fsp3) is 0.467. The largest absolute Gasteiger partial charge is 0.348 e. The van der Waals surface area contributed by atoms with Crippen molar-refractivity contribution in [2.45, 2.75) is 13.3 Å². The van der Waals surface area contributed by atoms with Gasteiger partial charge in [-0.05, 0) is 6.54 Å². The minimum Gasteiger partial charge on any atom is -0.348 e. The van der Waals surface area contributed by atoms with Crippen LogP contribution in [0.4, 0.5) is 0 Å². The van der Waals surface area contributed by atoms with Crippen molar-refractivity contribution in [3.05, 3.63) is 35.9 Å². The Labute approximate surface area is 115 Å². The monoisotopic (exact) mass is 262 g/mol. The molecule has 0 N–H and O–H groups in total. The van der Waals surface area contributed by atoms with E-state index in [-0.39, 0.29) is 11.7 Å². The van der Waals surface area contributed by atoms with E-state index in [4.69, 9.17) is 0 Å². The van der Waals surface area contributed by atoms with Crippen LogP contribution in [0.2, 0.25) is 0 Å². The first kappa shape index (κ1) is 15.4. The summed E-state index contributed by atoms with van der Waals surface area (Å²) in [6, 6.07) is 9.26. The van der Waals surface area contributed by atoms with Crippen molar-refractivity contribution >= 4 is 11.7 Å². The highest BCUT2D eigenvalue weighted by atomic mass is 16.2. The van der Waals surface area contributed by atoms with E-state index in [0.29, 0.717) is 19.5 Å². The number of carbonyl (C=O) groups is 2. The van der Waals surface area contributed by atoms with Gasteiger partial charge in [0, 0.05) is 32.6 Å². The SMILES string of the molecule is CCN(CCC(=O)c1ccccc1)CC(=O)N(C)C. The van der Waals surface area contributed by atoms with Gasteiger partial charge in [-0.15, -0.1) is 0 Å². The lowest BCUT2D eigenvalue weighted by Gasteiger charge is -2.21. The van der Waals surface area contributed by atoms with Crippen LogP contribution in [-0.2, 0) is 4.79 Å². The van der Waals surface area contributed by atoms with Crippen molar-refractivity contribution in [2.24, 2.45) is 0 Å². The van der Waals surface area contributed by atoms with Gasteiger partial charge in [0.1, 0.15) is 0 Å². The predicted octanol–water partition coefficient (Wildman–Crippen LogP) is 1.67. The Morgan fingerprint density at radius 2 is 1.74 bits per heavy atom. The smallest absolute Gasteiger partial charge is 0.236 e. The van der Waals surface area contributed by atoms with Crippen LogP contribution in [0.3, 0.4) is 0 Å². The van der Waals surface area contributed by atoms with Crippen LogP contribution in [0.5, 0.6) is 0 Å². The molecule has 0 unspecified atom stereocenters. The quantitative estimate of drug-likeness (QED) is 0.702. The van der Waals surface area contributed by atoms with E-state index in [1.54, 1.807) is 19.0 Å². The summed E-state index contributed by atoms with van der Waals surface area (Å²) in [5.74, 6) is 0.186. The third-order valence-electron chi connectivity index (χ3n) is 3.06. The summed E-state index contributed by atoms with van der Waals surface area (Å²) < 4.78 is 0. The topological polar surface area (TPSA) is 40.6 Å². The molecule has 0 atom stereocenters. The summed E-state index contributed by atoms with van der Waals surface area (Å²) in [4.78, 5) is 27.1. The highest BCUT2D eigenvalue weighted by Crippen LogP contribution is 2.04. The van der Waals surface area contributed by atoms with Gasteiger partial charge in [-0.25, -0.2) is 0 Å². The molecule has 0 spiro atoms. The molecule has 0 radical (unpaired) electrons. The first-order valence-electron chi connectivity index (χ1n) is 6.55. The number of rotatable bonds is 7. The van der Waals surface area contributed by atoms with E-state index >= 15 is 0 Å². The van der Waals surface area contributed by atoms with Crippen LogP contribution in [0, 0.1) is 0 Å². The number of benzene rings is 1. The van der Waals surface area contributed by atoms with Crippen LogP contribution in [0.15, 0.2) is 30.3 Å². The third-order valence-corrected chi connectivity index (χ3v) is 3.06. The normalized spacial score (nSPS) is 10.5. The minimum atomic E-state index is 0.0639. The summed E-state index contributed by atoms with van der Waals surface area (Å²) in [6.07, 6.45) is 0.443. The molecule has 1 aromatic rings. The van der Waals surface area contributed by atoms with E-state index in [9.17, 15) is 9.59 Å². The van der Waals surface area contributed by atoms with Gasteiger partial charge >= 0.3 is 0 Å². The Balaban J connectivity index is 2.45. The molecule has 0 aromatic heterocycles. The number of Topliss-reactive ketones (excluding diaryl/α,β-unsaturated/α-hetero) is 1. The molecule has 1 rings (SSSR count). The van der Waals surface area contributed by atoms with Crippen molar-refractivity contribution < 1.29 is 9.59 Å². The predicted molar refractivity (Wildman–Crippen MR) is 76.2 cm³/mol. The number of carbonyl (C=O) groups excluding carboxylic acids is 2. The Kier molecular flexibility index (Phi) is 6.22. The Hall–Kier alpha value is -1.68. The van der Waals surface area contributed by atoms with Crippen molar-refractivity contribution in [3.8, 4) is 0 Å². The van der Waals surface area contributed by atoms with Gasteiger partial charge in [-0.3, -0.25) is 14.5 Å². The number of hydrogen-bond acceptors (Lipinski definition) is 3. The van der Waals surface area contributed by atoms with Gasteiger partial charge in [0.2, 0.25) is 5.91 Å². The standard InChI is InChI=1S/C15H22N2O2/c1-4-17(12-15(19)16(2)3)11-10-14(18)13-8-6-5-7-9-13/h5-9H,4,10-12H2,1-3H3. The third kappa shape index (κ3) is 5.22. The lowest BCUT2D eigenvalue weighted by Crippen LogP contribution is -2.37. The number of hydrogen-bond donors (Lipinski definition) is 0. The average molecular weight is 262 g/mol. The zero-order valence-corrected chi connectivity index (χ0v) is 11.9. The molecule has 0 saturated heterocycles. The van der Waals surface area contributed by atoms with Gasteiger partial charge < -0.3 is 4.90 Å². The number of nitrogens with zero attached hydrogens (tertiary/aromatic N) is 2. The maximum Gasteiger partial charge on any atom is 0.236 e. The van der Waals surface area contributed by atoms with Crippen molar-refractivity contribution in [3.63, 3.8) is 0 Å². The second-order valence-electron chi connectivity index (χ2n) is 4.70. The molecule has 4 nitrogen and oxygen atoms in total. The van der Waals surface area contributed by atoms with E-state index in [1.165, 1.54) is 0 Å². The maximum absolute atomic E-state index is 12.0. The molecule has 0 fully saturated rings. The average Bonchev–Trinajstić information content (AvgIpc) is 2.43. The van der Waals surface area contributed by atoms with Crippen molar-refractivity contribution in [1.82, 2.24) is 9.80 Å². The van der Waals surface area contributed by atoms with Gasteiger partial charge in [0.25, 0.3) is 0 Å². The second-order valence-corrected chi connectivity index (χ2v) is 4.70. The molecule has 104 valence electrons. The molecular weight excluding hydrogens is 240 g/mol. The first-order valence-corrected chi connectivity index (χ1v) is 6.55. The summed E-state index contributed by atoms with van der Waals surface area (Å²) in [5, 5.41) is 0. The lowest BCUT2D eigenvalue weighted by molar-refractivity contribution is -0.129. The highest BCUT2D eigenvalue weighted by molar-refractivity contribution is 5.96. The number of likely N-dealkylation sites (N-methyl/N-ethyl adjacent to an activating group) is 2. The number of ketones is 1. The fourth-order valence-corrected chi connectivity index (χ4v) is 1.71. The van der Waals surface area contributed by atoms with Gasteiger partial charge in [0.15, 0.2) is 5.78 Å². The lowest BCUT2D eigenvalue weighted by atomic mass is 10.1. The van der Waals surface area contributed by atoms with Crippen molar-refractivity contribution in [1.29, 1.82) is 0 Å². The maximum atomic E-state index is 12.0. The van der Waals surface area contributed by atoms with Crippen LogP contribution >= 0.6 is 0 Å². The van der Waals surface area contributed by atoms with E-state index in [1.807, 2.05) is 42.2 Å². The van der Waals surface area contributed by atoms with Crippen LogP contribution in [0.25, 0.3) is 0 Å². The Morgan fingerprint density at radius 3 is 2.26 bits per heavy atom. The van der Waals surface area contributed by atoms with Gasteiger partial charge in [-0.2, -0.15) is 0 Å². The molecule has 1 aromatic carbocycles. The zero-order chi connectivity index (χ0) is 14.3. The molecule has 19 heavy (non-hydrogen) atoms. The molecule has 0 bridgehead atoms. The molecule has 0 saturated carbocycles. The molecule has 0 aliphatic rings. The number of amides is 1. The minimum absolute atomic E-state index is 0.0639. The van der Waals surface area contributed by atoms with E-state index < -0.39 is 0 Å². The van der Waals surface area contributed by atoms with Crippen LogP contribution in [-0.4, -0.2) is 55.2 Å². The zero-order valence-electron chi connectivity index (χ0n) is 11.9. The second kappa shape index (κ2) is 7.69. The van der Waals surface area contributed by atoms with Gasteiger partial charge in [-0.1, -0.05) is 37.3 Å². The first-order chi connectivity index (χ1) is 9.04. The molecule has 0 aliphatic carbocycles. The van der Waals surface area contributed by atoms with Gasteiger partial charge in [0.05, 0.1) is 6.54 Å². The Morgan fingerprint density at radius 1 is 1.11 bits per heavy atom. The van der Waals surface area contributed by atoms with Crippen LogP contribution < -0.4 is 0 Å². The molecular formula is C15H22N2O2. The van der Waals surface area contributed by atoms with Crippen LogP contribution in [0.1, 0.15) is 23.7 Å². The molecule has 1 amide bonds. The summed E-state index contributed by atoms with van der Waals surface area (Å²) >= 11 is 0. The summed E-state index contributed by atoms with van der Waals surface area (Å²) in [6.45, 7) is 3.74. The highest BCUT2D eigenvalue weighted by Gasteiger charge is 2.12. The van der Waals surface area contributed by atoms with Crippen molar-refractivity contribution in [2.75, 3.05) is 33.7 Å². The summed E-state index contributed by atoms with van der Waals surface area (Å²) in [5.41, 5.74) is 0.734. The Bertz CT molecular complexity index is 415. The molecule has 0 aliphatic heterocycles. The van der Waals surface area contributed by atoms with E-state index in [2.05, 4.69) is 0 Å². The molecule has 4 heteroatoms. The molecule has 0 heterocycles.